The number of aromatic nitrogens is 1. The number of fused-ring (bicyclic) bond motifs is 1. The van der Waals surface area contributed by atoms with E-state index in [9.17, 15) is 4.79 Å². The van der Waals surface area contributed by atoms with Crippen LogP contribution in [-0.4, -0.2) is 30.8 Å². The number of nitrogens with one attached hydrogen (secondary N) is 1. The number of carbonyl (C=O) groups is 1. The quantitative estimate of drug-likeness (QED) is 0.683. The lowest BCUT2D eigenvalue weighted by Crippen LogP contribution is -2.25. The maximum Gasteiger partial charge on any atom is 0.262 e. The van der Waals surface area contributed by atoms with Crippen molar-refractivity contribution in [1.29, 1.82) is 0 Å². The van der Waals surface area contributed by atoms with Gasteiger partial charge in [0.15, 0.2) is 11.4 Å². The van der Waals surface area contributed by atoms with Crippen molar-refractivity contribution in [2.24, 2.45) is 4.99 Å². The molecule has 1 N–H and O–H groups in total. The molecule has 1 aliphatic heterocycles. The number of aryl methyl sites for hydroxylation is 1. The summed E-state index contributed by atoms with van der Waals surface area (Å²) in [4.78, 5) is 17.5. The molecule has 29 heavy (non-hydrogen) atoms. The largest absolute Gasteiger partial charge is 0.482 e. The zero-order chi connectivity index (χ0) is 20.4. The number of methoxy groups -OCH3 is 1. The van der Waals surface area contributed by atoms with Crippen molar-refractivity contribution in [3.05, 3.63) is 58.2 Å². The molecule has 3 aromatic rings. The third-order valence-corrected chi connectivity index (χ3v) is 5.60. The van der Waals surface area contributed by atoms with Gasteiger partial charge in [0.1, 0.15) is 5.75 Å². The molecule has 2 heterocycles. The lowest BCUT2D eigenvalue weighted by atomic mass is 10.1. The topological polar surface area (TPSA) is 64.8 Å². The van der Waals surface area contributed by atoms with Gasteiger partial charge < -0.3 is 19.4 Å². The van der Waals surface area contributed by atoms with Gasteiger partial charge in [0.25, 0.3) is 5.91 Å². The number of anilines is 1. The van der Waals surface area contributed by atoms with Crippen LogP contribution in [0.2, 0.25) is 0 Å². The fourth-order valence-electron chi connectivity index (χ4n) is 3.33. The average Bonchev–Trinajstić information content (AvgIpc) is 3.13. The van der Waals surface area contributed by atoms with Crippen LogP contribution in [0.3, 0.4) is 0 Å². The van der Waals surface area contributed by atoms with E-state index < -0.39 is 0 Å². The first kappa shape index (κ1) is 19.4. The number of ether oxygens (including phenoxy) is 2. The third kappa shape index (κ3) is 4.11. The minimum atomic E-state index is -0.143. The molecule has 150 valence electrons. The van der Waals surface area contributed by atoms with Crippen LogP contribution in [0.4, 0.5) is 11.4 Å². The molecule has 0 bridgehead atoms. The van der Waals surface area contributed by atoms with E-state index >= 15 is 0 Å². The molecule has 1 atom stereocenters. The summed E-state index contributed by atoms with van der Waals surface area (Å²) in [7, 11) is 1.70. The fraction of sp³-hybridized carbons (Fsp3) is 0.273. The molecule has 0 saturated carbocycles. The van der Waals surface area contributed by atoms with Gasteiger partial charge in [0, 0.05) is 18.1 Å². The molecule has 0 fully saturated rings. The van der Waals surface area contributed by atoms with Crippen LogP contribution < -0.4 is 14.9 Å². The normalized spacial score (nSPS) is 14.9. The number of nitrogens with zero attached hydrogens (tertiary/aromatic N) is 2. The molecule has 6 nitrogen and oxygen atoms in total. The average molecular weight is 410 g/mol. The number of rotatable bonds is 5. The van der Waals surface area contributed by atoms with Crippen molar-refractivity contribution in [3.63, 3.8) is 0 Å². The van der Waals surface area contributed by atoms with Crippen LogP contribution in [0.1, 0.15) is 18.5 Å². The molecule has 4 rings (SSSR count). The summed E-state index contributed by atoms with van der Waals surface area (Å²) < 4.78 is 13.1. The van der Waals surface area contributed by atoms with Gasteiger partial charge in [-0.25, -0.2) is 4.99 Å². The van der Waals surface area contributed by atoms with Gasteiger partial charge in [-0.3, -0.25) is 4.79 Å². The molecule has 1 unspecified atom stereocenters. The van der Waals surface area contributed by atoms with Crippen LogP contribution in [0.5, 0.6) is 5.75 Å². The van der Waals surface area contributed by atoms with Crippen LogP contribution in [0.25, 0.3) is 11.3 Å². The van der Waals surface area contributed by atoms with E-state index in [0.29, 0.717) is 18.0 Å². The Morgan fingerprint density at radius 3 is 2.83 bits per heavy atom. The Labute approximate surface area is 173 Å². The zero-order valence-corrected chi connectivity index (χ0v) is 17.5. The second-order valence-electron chi connectivity index (χ2n) is 7.07. The second-order valence-corrected chi connectivity index (χ2v) is 7.91. The first-order chi connectivity index (χ1) is 14.0. The van der Waals surface area contributed by atoms with Gasteiger partial charge in [-0.05, 0) is 44.2 Å². The summed E-state index contributed by atoms with van der Waals surface area (Å²) in [5.41, 5.74) is 4.81. The van der Waals surface area contributed by atoms with E-state index in [1.807, 2.05) is 30.3 Å². The summed E-state index contributed by atoms with van der Waals surface area (Å²) in [6, 6.07) is 14.1. The summed E-state index contributed by atoms with van der Waals surface area (Å²) in [5.74, 6) is 0.542. The molecular weight excluding hydrogens is 386 g/mol. The van der Waals surface area contributed by atoms with Crippen molar-refractivity contribution < 1.29 is 14.3 Å². The van der Waals surface area contributed by atoms with Gasteiger partial charge >= 0.3 is 0 Å². The van der Waals surface area contributed by atoms with E-state index in [4.69, 9.17) is 14.5 Å². The molecule has 0 radical (unpaired) electrons. The monoisotopic (exact) mass is 409 g/mol. The standard InChI is InChI=1S/C22H23N3O3S/c1-14-4-7-17(8-5-14)23-22-25(15(2)11-27-3)19(13-29-22)16-6-9-20-18(10-16)24-21(26)12-28-20/h4-10,13,15H,11-12H2,1-3H3,(H,24,26). The highest BCUT2D eigenvalue weighted by Gasteiger charge is 2.19. The van der Waals surface area contributed by atoms with E-state index in [0.717, 1.165) is 21.7 Å². The van der Waals surface area contributed by atoms with Gasteiger partial charge in [0.05, 0.1) is 29.7 Å². The lowest BCUT2D eigenvalue weighted by Gasteiger charge is -2.20. The molecule has 1 aromatic heterocycles. The second kappa shape index (κ2) is 8.23. The van der Waals surface area contributed by atoms with Gasteiger partial charge in [-0.15, -0.1) is 11.3 Å². The number of thiazole rings is 1. The number of amides is 1. The van der Waals surface area contributed by atoms with Gasteiger partial charge in [0.2, 0.25) is 0 Å². The molecule has 1 amide bonds. The minimum Gasteiger partial charge on any atom is -0.482 e. The Bertz CT molecular complexity index is 1100. The molecule has 1 aliphatic rings. The third-order valence-electron chi connectivity index (χ3n) is 4.76. The molecule has 7 heteroatoms. The van der Waals surface area contributed by atoms with E-state index in [1.165, 1.54) is 5.56 Å². The lowest BCUT2D eigenvalue weighted by molar-refractivity contribution is -0.118. The van der Waals surface area contributed by atoms with Crippen molar-refractivity contribution in [1.82, 2.24) is 4.57 Å². The van der Waals surface area contributed by atoms with Crippen molar-refractivity contribution in [2.45, 2.75) is 19.9 Å². The number of hydrogen-bond acceptors (Lipinski definition) is 5. The number of hydrogen-bond donors (Lipinski definition) is 1. The van der Waals surface area contributed by atoms with Gasteiger partial charge in [-0.2, -0.15) is 0 Å². The maximum absolute atomic E-state index is 11.7. The highest BCUT2D eigenvalue weighted by Crippen LogP contribution is 2.33. The van der Waals surface area contributed by atoms with Crippen LogP contribution in [0, 0.1) is 6.92 Å². The Morgan fingerprint density at radius 2 is 2.07 bits per heavy atom. The van der Waals surface area contributed by atoms with E-state index in [-0.39, 0.29) is 18.6 Å². The van der Waals surface area contributed by atoms with E-state index in [2.05, 4.69) is 41.2 Å². The summed E-state index contributed by atoms with van der Waals surface area (Å²) in [6.45, 7) is 4.79. The SMILES string of the molecule is COCC(C)n1c(-c2ccc3c(c2)NC(=O)CO3)csc1=Nc1ccc(C)cc1. The first-order valence-electron chi connectivity index (χ1n) is 9.42. The van der Waals surface area contributed by atoms with Crippen molar-refractivity contribution in [2.75, 3.05) is 25.6 Å². The fourth-order valence-corrected chi connectivity index (χ4v) is 4.34. The van der Waals surface area contributed by atoms with Crippen molar-refractivity contribution >= 4 is 28.6 Å². The number of carbonyl (C=O) groups excluding carboxylic acids is 1. The Kier molecular flexibility index (Phi) is 5.51. The highest BCUT2D eigenvalue weighted by molar-refractivity contribution is 7.07. The molecule has 0 aliphatic carbocycles. The van der Waals surface area contributed by atoms with Crippen LogP contribution in [-0.2, 0) is 9.53 Å². The highest BCUT2D eigenvalue weighted by atomic mass is 32.1. The molecule has 0 saturated heterocycles. The zero-order valence-electron chi connectivity index (χ0n) is 16.6. The Morgan fingerprint density at radius 1 is 1.28 bits per heavy atom. The molecule has 0 spiro atoms. The number of benzene rings is 2. The minimum absolute atomic E-state index is 0.0508. The van der Waals surface area contributed by atoms with Crippen molar-refractivity contribution in [3.8, 4) is 17.0 Å². The van der Waals surface area contributed by atoms with E-state index in [1.54, 1.807) is 18.4 Å². The summed E-state index contributed by atoms with van der Waals surface area (Å²) >= 11 is 1.58. The van der Waals surface area contributed by atoms with Crippen LogP contribution in [0.15, 0.2) is 52.8 Å². The predicted molar refractivity (Wildman–Crippen MR) is 115 cm³/mol. The smallest absolute Gasteiger partial charge is 0.262 e. The Balaban J connectivity index is 1.82. The van der Waals surface area contributed by atoms with Crippen LogP contribution >= 0.6 is 11.3 Å². The molecular formula is C22H23N3O3S. The maximum atomic E-state index is 11.7. The Hall–Kier alpha value is -2.90. The van der Waals surface area contributed by atoms with Gasteiger partial charge in [-0.1, -0.05) is 17.7 Å². The predicted octanol–water partition coefficient (Wildman–Crippen LogP) is 4.30. The first-order valence-corrected chi connectivity index (χ1v) is 10.3. The summed E-state index contributed by atoms with van der Waals surface area (Å²) in [5, 5.41) is 4.97. The summed E-state index contributed by atoms with van der Waals surface area (Å²) in [6.07, 6.45) is 0. The molecule has 2 aromatic carbocycles.